The molecule has 106 valence electrons. The van der Waals surface area contributed by atoms with Gasteiger partial charge < -0.3 is 5.11 Å². The molecule has 0 aliphatic heterocycles. The third kappa shape index (κ3) is 13.9. The van der Waals surface area contributed by atoms with E-state index in [1.54, 1.807) is 0 Å². The van der Waals surface area contributed by atoms with Crippen molar-refractivity contribution in [3.8, 4) is 0 Å². The number of hydrogen-bond acceptors (Lipinski definition) is 1. The highest BCUT2D eigenvalue weighted by atomic mass is 16.3. The summed E-state index contributed by atoms with van der Waals surface area (Å²) in [5, 5.41) is 8.81. The van der Waals surface area contributed by atoms with E-state index < -0.39 is 0 Å². The topological polar surface area (TPSA) is 20.2 Å². The summed E-state index contributed by atoms with van der Waals surface area (Å²) >= 11 is 0. The predicted octanol–water partition coefficient (Wildman–Crippen LogP) is 5.27. The van der Waals surface area contributed by atoms with Gasteiger partial charge in [0.1, 0.15) is 0 Å². The first-order valence-corrected chi connectivity index (χ1v) is 7.17. The van der Waals surface area contributed by atoms with Gasteiger partial charge in [-0.2, -0.15) is 0 Å². The molecule has 0 spiro atoms. The molecule has 0 saturated carbocycles. The van der Waals surface area contributed by atoms with Crippen LogP contribution in [-0.4, -0.2) is 11.7 Å². The maximum Gasteiger partial charge on any atom is 0.0433 e. The number of rotatable bonds is 10. The van der Waals surface area contributed by atoms with Gasteiger partial charge in [0.2, 0.25) is 0 Å². The van der Waals surface area contributed by atoms with Crippen LogP contribution in [0.1, 0.15) is 80.1 Å². The summed E-state index contributed by atoms with van der Waals surface area (Å²) in [5.41, 5.74) is 0. The maximum absolute atomic E-state index is 8.81. The second-order valence-corrected chi connectivity index (χ2v) is 5.98. The fraction of sp³-hybridized carbons (Fsp3) is 1.00. The highest BCUT2D eigenvalue weighted by Gasteiger charge is 2.05. The van der Waals surface area contributed by atoms with E-state index in [4.69, 9.17) is 5.11 Å². The lowest BCUT2D eigenvalue weighted by Crippen LogP contribution is -2.01. The minimum atomic E-state index is 0. The van der Waals surface area contributed by atoms with Crippen LogP contribution in [-0.2, 0) is 0 Å². The SMILES string of the molecule is C.CC(C)CCCC(C)CCCC(C)CCO. The van der Waals surface area contributed by atoms with Crippen molar-refractivity contribution in [1.82, 2.24) is 0 Å². The van der Waals surface area contributed by atoms with Crippen LogP contribution >= 0.6 is 0 Å². The molecule has 2 atom stereocenters. The first-order chi connectivity index (χ1) is 7.56. The summed E-state index contributed by atoms with van der Waals surface area (Å²) in [6.07, 6.45) is 9.14. The van der Waals surface area contributed by atoms with Gasteiger partial charge in [-0.25, -0.2) is 0 Å². The standard InChI is InChI=1S/C15H32O.CH4/c1-13(2)7-5-8-14(3)9-6-10-15(4)11-12-16;/h13-16H,5-12H2,1-4H3;1H4. The van der Waals surface area contributed by atoms with Gasteiger partial charge in [-0.05, 0) is 24.2 Å². The van der Waals surface area contributed by atoms with E-state index in [0.29, 0.717) is 12.5 Å². The van der Waals surface area contributed by atoms with E-state index in [1.807, 2.05) is 0 Å². The fourth-order valence-electron chi connectivity index (χ4n) is 2.20. The molecule has 0 radical (unpaired) electrons. The summed E-state index contributed by atoms with van der Waals surface area (Å²) in [6, 6.07) is 0. The van der Waals surface area contributed by atoms with Gasteiger partial charge in [-0.3, -0.25) is 0 Å². The van der Waals surface area contributed by atoms with Crippen LogP contribution in [0.5, 0.6) is 0 Å². The van der Waals surface area contributed by atoms with Crippen molar-refractivity contribution >= 4 is 0 Å². The largest absolute Gasteiger partial charge is 0.396 e. The Morgan fingerprint density at radius 3 is 1.53 bits per heavy atom. The summed E-state index contributed by atoms with van der Waals surface area (Å²) in [7, 11) is 0. The number of hydrogen-bond donors (Lipinski definition) is 1. The van der Waals surface area contributed by atoms with Crippen molar-refractivity contribution in [3.63, 3.8) is 0 Å². The van der Waals surface area contributed by atoms with Crippen LogP contribution in [0.15, 0.2) is 0 Å². The van der Waals surface area contributed by atoms with Gasteiger partial charge in [0.25, 0.3) is 0 Å². The van der Waals surface area contributed by atoms with Crippen LogP contribution in [0.2, 0.25) is 0 Å². The van der Waals surface area contributed by atoms with Crippen LogP contribution < -0.4 is 0 Å². The average molecular weight is 244 g/mol. The highest BCUT2D eigenvalue weighted by Crippen LogP contribution is 2.19. The quantitative estimate of drug-likeness (QED) is 0.555. The molecule has 17 heavy (non-hydrogen) atoms. The Labute approximate surface area is 110 Å². The van der Waals surface area contributed by atoms with E-state index >= 15 is 0 Å². The molecule has 0 saturated heterocycles. The molecule has 0 amide bonds. The lowest BCUT2D eigenvalue weighted by Gasteiger charge is -2.14. The smallest absolute Gasteiger partial charge is 0.0433 e. The Balaban J connectivity index is 0. The molecular weight excluding hydrogens is 208 g/mol. The van der Waals surface area contributed by atoms with E-state index in [1.165, 1.54) is 38.5 Å². The normalized spacial score (nSPS) is 14.5. The summed E-state index contributed by atoms with van der Waals surface area (Å²) < 4.78 is 0. The second kappa shape index (κ2) is 12.4. The number of aliphatic hydroxyl groups excluding tert-OH is 1. The lowest BCUT2D eigenvalue weighted by molar-refractivity contribution is 0.255. The van der Waals surface area contributed by atoms with E-state index in [2.05, 4.69) is 27.7 Å². The molecular formula is C16H36O. The Morgan fingerprint density at radius 2 is 1.12 bits per heavy atom. The van der Waals surface area contributed by atoms with E-state index in [-0.39, 0.29) is 7.43 Å². The predicted molar refractivity (Wildman–Crippen MR) is 79.3 cm³/mol. The first-order valence-electron chi connectivity index (χ1n) is 7.17. The summed E-state index contributed by atoms with van der Waals surface area (Å²) in [5.74, 6) is 2.45. The van der Waals surface area contributed by atoms with Crippen LogP contribution in [0, 0.1) is 17.8 Å². The third-order valence-electron chi connectivity index (χ3n) is 3.49. The van der Waals surface area contributed by atoms with E-state index in [9.17, 15) is 0 Å². The maximum atomic E-state index is 8.81. The van der Waals surface area contributed by atoms with E-state index in [0.717, 1.165) is 18.3 Å². The van der Waals surface area contributed by atoms with Crippen molar-refractivity contribution in [3.05, 3.63) is 0 Å². The molecule has 0 aliphatic carbocycles. The van der Waals surface area contributed by atoms with Crippen molar-refractivity contribution in [2.45, 2.75) is 80.1 Å². The highest BCUT2D eigenvalue weighted by molar-refractivity contribution is 4.58. The first kappa shape index (κ1) is 19.3. The zero-order valence-electron chi connectivity index (χ0n) is 11.8. The molecule has 0 fully saturated rings. The van der Waals surface area contributed by atoms with Crippen LogP contribution in [0.25, 0.3) is 0 Å². The number of aliphatic hydroxyl groups is 1. The Kier molecular flexibility index (Phi) is 14.1. The van der Waals surface area contributed by atoms with Crippen molar-refractivity contribution in [2.75, 3.05) is 6.61 Å². The molecule has 1 N–H and O–H groups in total. The Hall–Kier alpha value is -0.0400. The molecule has 0 aromatic carbocycles. The lowest BCUT2D eigenvalue weighted by atomic mass is 9.93. The summed E-state index contributed by atoms with van der Waals surface area (Å²) in [4.78, 5) is 0. The van der Waals surface area contributed by atoms with Gasteiger partial charge in [-0.15, -0.1) is 0 Å². The average Bonchev–Trinajstić information content (AvgIpc) is 2.17. The van der Waals surface area contributed by atoms with Crippen molar-refractivity contribution in [1.29, 1.82) is 0 Å². The molecule has 0 bridgehead atoms. The third-order valence-corrected chi connectivity index (χ3v) is 3.49. The minimum Gasteiger partial charge on any atom is -0.396 e. The molecule has 0 aromatic heterocycles. The van der Waals surface area contributed by atoms with Crippen molar-refractivity contribution < 1.29 is 5.11 Å². The Morgan fingerprint density at radius 1 is 0.706 bits per heavy atom. The van der Waals surface area contributed by atoms with Crippen molar-refractivity contribution in [2.24, 2.45) is 17.8 Å². The van der Waals surface area contributed by atoms with Crippen LogP contribution in [0.3, 0.4) is 0 Å². The van der Waals surface area contributed by atoms with Gasteiger partial charge in [0, 0.05) is 6.61 Å². The minimum absolute atomic E-state index is 0. The van der Waals surface area contributed by atoms with Crippen LogP contribution in [0.4, 0.5) is 0 Å². The second-order valence-electron chi connectivity index (χ2n) is 5.98. The molecule has 1 heteroatoms. The zero-order valence-corrected chi connectivity index (χ0v) is 11.8. The van der Waals surface area contributed by atoms with Gasteiger partial charge in [0.15, 0.2) is 0 Å². The van der Waals surface area contributed by atoms with Gasteiger partial charge >= 0.3 is 0 Å². The molecule has 0 aromatic rings. The fourth-order valence-corrected chi connectivity index (χ4v) is 2.20. The zero-order chi connectivity index (χ0) is 12.4. The summed E-state index contributed by atoms with van der Waals surface area (Å²) in [6.45, 7) is 9.60. The molecule has 0 aliphatic rings. The molecule has 0 rings (SSSR count). The Bertz CT molecular complexity index is 142. The molecule has 1 nitrogen and oxygen atoms in total. The van der Waals surface area contributed by atoms with Gasteiger partial charge in [-0.1, -0.05) is 73.6 Å². The van der Waals surface area contributed by atoms with Gasteiger partial charge in [0.05, 0.1) is 0 Å². The monoisotopic (exact) mass is 244 g/mol. The molecule has 0 heterocycles. The molecule has 2 unspecified atom stereocenters.